The summed E-state index contributed by atoms with van der Waals surface area (Å²) in [5.41, 5.74) is 0.745. The molecule has 0 fully saturated rings. The number of fused-ring (bicyclic) bond motifs is 1. The van der Waals surface area contributed by atoms with E-state index in [1.807, 2.05) is 0 Å². The first-order valence-electron chi connectivity index (χ1n) is 6.22. The largest absolute Gasteiger partial charge is 0.448 e. The van der Waals surface area contributed by atoms with E-state index in [-0.39, 0.29) is 23.9 Å². The second-order valence-electron chi connectivity index (χ2n) is 4.36. The van der Waals surface area contributed by atoms with Crippen molar-refractivity contribution in [3.05, 3.63) is 35.3 Å². The molecule has 2 aromatic rings. The Balaban J connectivity index is 2.18. The van der Waals surface area contributed by atoms with Crippen LogP contribution in [0.2, 0.25) is 0 Å². The number of nitrogens with one attached hydrogen (secondary N) is 1. The number of aliphatic hydroxyl groups excluding tert-OH is 1. The van der Waals surface area contributed by atoms with Crippen LogP contribution in [0.25, 0.3) is 11.0 Å². The van der Waals surface area contributed by atoms with Gasteiger partial charge in [0.2, 0.25) is 0 Å². The van der Waals surface area contributed by atoms with Crippen LogP contribution in [-0.4, -0.2) is 24.2 Å². The van der Waals surface area contributed by atoms with Crippen molar-refractivity contribution in [1.82, 2.24) is 5.32 Å². The van der Waals surface area contributed by atoms with E-state index in [1.54, 1.807) is 19.1 Å². The van der Waals surface area contributed by atoms with Crippen molar-refractivity contribution in [2.75, 3.05) is 13.2 Å². The van der Waals surface area contributed by atoms with E-state index in [2.05, 4.69) is 5.32 Å². The van der Waals surface area contributed by atoms with Gasteiger partial charge in [0.25, 0.3) is 5.91 Å². The van der Waals surface area contributed by atoms with Crippen LogP contribution in [0.1, 0.15) is 29.0 Å². The molecule has 0 radical (unpaired) electrons. The molecule has 0 spiro atoms. The Kier molecular flexibility index (Phi) is 4.16. The molecule has 0 saturated carbocycles. The molecule has 102 valence electrons. The Morgan fingerprint density at radius 2 is 2.21 bits per heavy atom. The molecule has 0 atom stereocenters. The lowest BCUT2D eigenvalue weighted by molar-refractivity contribution is 0.0925. The molecule has 0 bridgehead atoms. The van der Waals surface area contributed by atoms with Crippen molar-refractivity contribution >= 4 is 16.9 Å². The Morgan fingerprint density at radius 1 is 1.42 bits per heavy atom. The minimum absolute atomic E-state index is 0.102. The highest BCUT2D eigenvalue weighted by atomic mass is 19.1. The fourth-order valence-electron chi connectivity index (χ4n) is 1.94. The molecule has 0 aliphatic heterocycles. The molecular weight excluding hydrogens is 249 g/mol. The highest BCUT2D eigenvalue weighted by Gasteiger charge is 2.18. The van der Waals surface area contributed by atoms with Crippen molar-refractivity contribution in [3.8, 4) is 0 Å². The Labute approximate surface area is 110 Å². The van der Waals surface area contributed by atoms with Crippen LogP contribution >= 0.6 is 0 Å². The maximum atomic E-state index is 13.5. The minimum atomic E-state index is -0.472. The first kappa shape index (κ1) is 13.5. The van der Waals surface area contributed by atoms with Crippen molar-refractivity contribution in [3.63, 3.8) is 0 Å². The van der Waals surface area contributed by atoms with Gasteiger partial charge in [-0.05, 0) is 25.8 Å². The minimum Gasteiger partial charge on any atom is -0.448 e. The zero-order chi connectivity index (χ0) is 13.8. The van der Waals surface area contributed by atoms with Gasteiger partial charge >= 0.3 is 0 Å². The Hall–Kier alpha value is -1.88. The van der Waals surface area contributed by atoms with Gasteiger partial charge in [0.05, 0.1) is 0 Å². The number of furan rings is 1. The van der Waals surface area contributed by atoms with E-state index in [0.717, 1.165) is 0 Å². The molecule has 2 rings (SSSR count). The number of carbonyl (C=O) groups excluding carboxylic acids is 1. The van der Waals surface area contributed by atoms with E-state index in [4.69, 9.17) is 9.52 Å². The van der Waals surface area contributed by atoms with E-state index in [0.29, 0.717) is 30.3 Å². The number of carbonyl (C=O) groups is 1. The summed E-state index contributed by atoms with van der Waals surface area (Å²) in [6.07, 6.45) is 1.32. The van der Waals surface area contributed by atoms with Gasteiger partial charge in [-0.25, -0.2) is 4.39 Å². The number of benzene rings is 1. The van der Waals surface area contributed by atoms with Gasteiger partial charge in [0, 0.05) is 24.1 Å². The van der Waals surface area contributed by atoms with E-state index >= 15 is 0 Å². The van der Waals surface area contributed by atoms with Gasteiger partial charge in [0.15, 0.2) is 17.2 Å². The lowest BCUT2D eigenvalue weighted by atomic mass is 10.1. The zero-order valence-corrected chi connectivity index (χ0v) is 10.7. The number of amides is 1. The molecule has 0 aliphatic rings. The molecule has 1 aromatic carbocycles. The predicted octanol–water partition coefficient (Wildman–Crippen LogP) is 2.38. The number of para-hydroxylation sites is 1. The van der Waals surface area contributed by atoms with E-state index < -0.39 is 5.82 Å². The number of rotatable bonds is 5. The summed E-state index contributed by atoms with van der Waals surface area (Å²) >= 11 is 0. The second-order valence-corrected chi connectivity index (χ2v) is 4.36. The van der Waals surface area contributed by atoms with Gasteiger partial charge in [0.1, 0.15) is 0 Å². The van der Waals surface area contributed by atoms with Crippen LogP contribution in [0.3, 0.4) is 0 Å². The SMILES string of the molecule is Cc1c(C(=O)NCCCCO)oc2c(F)cccc12. The van der Waals surface area contributed by atoms with Crippen LogP contribution in [0.4, 0.5) is 4.39 Å². The first-order chi connectivity index (χ1) is 9.15. The molecular formula is C14H16FNO3. The van der Waals surface area contributed by atoms with Gasteiger partial charge < -0.3 is 14.8 Å². The summed E-state index contributed by atoms with van der Waals surface area (Å²) in [6.45, 7) is 2.29. The van der Waals surface area contributed by atoms with Gasteiger partial charge in [-0.2, -0.15) is 0 Å². The maximum Gasteiger partial charge on any atom is 0.287 e. The summed E-state index contributed by atoms with van der Waals surface area (Å²) in [5, 5.41) is 11.9. The highest BCUT2D eigenvalue weighted by molar-refractivity contribution is 5.98. The molecule has 1 heterocycles. The van der Waals surface area contributed by atoms with Crippen molar-refractivity contribution < 1.29 is 18.7 Å². The number of aryl methyl sites for hydroxylation is 1. The molecule has 1 aromatic heterocycles. The molecule has 4 nitrogen and oxygen atoms in total. The third kappa shape index (κ3) is 2.76. The van der Waals surface area contributed by atoms with Gasteiger partial charge in [-0.3, -0.25) is 4.79 Å². The number of hydrogen-bond donors (Lipinski definition) is 2. The Bertz CT molecular complexity index is 592. The summed E-state index contributed by atoms with van der Waals surface area (Å²) < 4.78 is 18.9. The first-order valence-corrected chi connectivity index (χ1v) is 6.22. The maximum absolute atomic E-state index is 13.5. The normalized spacial score (nSPS) is 10.9. The quantitative estimate of drug-likeness (QED) is 0.816. The van der Waals surface area contributed by atoms with Gasteiger partial charge in [-0.15, -0.1) is 0 Å². The van der Waals surface area contributed by atoms with E-state index in [9.17, 15) is 9.18 Å². The lowest BCUT2D eigenvalue weighted by Crippen LogP contribution is -2.24. The van der Waals surface area contributed by atoms with Crippen LogP contribution in [-0.2, 0) is 0 Å². The monoisotopic (exact) mass is 265 g/mol. The van der Waals surface area contributed by atoms with Gasteiger partial charge in [-0.1, -0.05) is 12.1 Å². The smallest absolute Gasteiger partial charge is 0.287 e. The fourth-order valence-corrected chi connectivity index (χ4v) is 1.94. The average molecular weight is 265 g/mol. The van der Waals surface area contributed by atoms with Crippen molar-refractivity contribution in [1.29, 1.82) is 0 Å². The zero-order valence-electron chi connectivity index (χ0n) is 10.7. The third-order valence-electron chi connectivity index (χ3n) is 2.99. The topological polar surface area (TPSA) is 62.5 Å². The number of halogens is 1. The van der Waals surface area contributed by atoms with Crippen LogP contribution in [0, 0.1) is 12.7 Å². The molecule has 0 unspecified atom stereocenters. The predicted molar refractivity (Wildman–Crippen MR) is 69.6 cm³/mol. The third-order valence-corrected chi connectivity index (χ3v) is 2.99. The average Bonchev–Trinajstić information content (AvgIpc) is 2.74. The molecule has 0 saturated heterocycles. The molecule has 1 amide bonds. The highest BCUT2D eigenvalue weighted by Crippen LogP contribution is 2.27. The Morgan fingerprint density at radius 3 is 2.89 bits per heavy atom. The van der Waals surface area contributed by atoms with Crippen LogP contribution in [0.15, 0.2) is 22.6 Å². The molecule has 2 N–H and O–H groups in total. The standard InChI is InChI=1S/C14H16FNO3/c1-9-10-5-4-6-11(15)13(10)19-12(9)14(18)16-7-2-3-8-17/h4-6,17H,2-3,7-8H2,1H3,(H,16,18). The summed E-state index contributed by atoms with van der Waals surface area (Å²) in [4.78, 5) is 11.9. The van der Waals surface area contributed by atoms with Crippen LogP contribution < -0.4 is 5.32 Å². The number of aliphatic hydroxyl groups is 1. The van der Waals surface area contributed by atoms with E-state index in [1.165, 1.54) is 6.07 Å². The fraction of sp³-hybridized carbons (Fsp3) is 0.357. The molecule has 19 heavy (non-hydrogen) atoms. The van der Waals surface area contributed by atoms with Crippen LogP contribution in [0.5, 0.6) is 0 Å². The molecule has 5 heteroatoms. The lowest BCUT2D eigenvalue weighted by Gasteiger charge is -2.02. The second kappa shape index (κ2) is 5.84. The number of unbranched alkanes of at least 4 members (excludes halogenated alkanes) is 1. The molecule has 0 aliphatic carbocycles. The summed E-state index contributed by atoms with van der Waals surface area (Å²) in [5.74, 6) is -0.685. The summed E-state index contributed by atoms with van der Waals surface area (Å²) in [6, 6.07) is 4.61. The van der Waals surface area contributed by atoms with Crippen molar-refractivity contribution in [2.24, 2.45) is 0 Å². The van der Waals surface area contributed by atoms with Crippen molar-refractivity contribution in [2.45, 2.75) is 19.8 Å². The summed E-state index contributed by atoms with van der Waals surface area (Å²) in [7, 11) is 0. The number of hydrogen-bond acceptors (Lipinski definition) is 3.